The molecule has 18 heavy (non-hydrogen) atoms. The maximum atomic E-state index is 11.0. The van der Waals surface area contributed by atoms with Crippen molar-refractivity contribution in [3.63, 3.8) is 0 Å². The van der Waals surface area contributed by atoms with Gasteiger partial charge in [-0.2, -0.15) is 0 Å². The molecule has 0 spiro atoms. The third-order valence-electron chi connectivity index (χ3n) is 7.43. The van der Waals surface area contributed by atoms with Gasteiger partial charge in [0.25, 0.3) is 0 Å². The molecule has 0 radical (unpaired) electrons. The van der Waals surface area contributed by atoms with Gasteiger partial charge >= 0.3 is 0 Å². The molecule has 4 rings (SSSR count). The van der Waals surface area contributed by atoms with Gasteiger partial charge in [-0.15, -0.1) is 0 Å². The molecule has 0 heterocycles. The zero-order chi connectivity index (χ0) is 12.9. The zero-order valence-electron chi connectivity index (χ0n) is 11.2. The van der Waals surface area contributed by atoms with Gasteiger partial charge in [-0.3, -0.25) is 0 Å². The Balaban J connectivity index is 1.78. The van der Waals surface area contributed by atoms with Crippen LogP contribution in [-0.4, -0.2) is 33.6 Å². The van der Waals surface area contributed by atoms with Crippen LogP contribution in [-0.2, 0) is 0 Å². The fourth-order valence-corrected chi connectivity index (χ4v) is 6.55. The summed E-state index contributed by atoms with van der Waals surface area (Å²) in [5.41, 5.74) is -0.571. The molecular weight excluding hydrogens is 228 g/mol. The lowest BCUT2D eigenvalue weighted by Crippen LogP contribution is -2.66. The Morgan fingerprint density at radius 3 is 2.72 bits per heavy atom. The molecule has 0 aromatic heterocycles. The molecule has 0 saturated heterocycles. The Labute approximate surface area is 108 Å². The molecule has 4 bridgehead atoms. The van der Waals surface area contributed by atoms with E-state index in [1.165, 1.54) is 0 Å². The van der Waals surface area contributed by atoms with Gasteiger partial charge in [0.05, 0.1) is 11.7 Å². The topological polar surface area (TPSA) is 60.7 Å². The molecule has 102 valence electrons. The zero-order valence-corrected chi connectivity index (χ0v) is 11.2. The van der Waals surface area contributed by atoms with Gasteiger partial charge < -0.3 is 15.3 Å². The Morgan fingerprint density at radius 2 is 2.06 bits per heavy atom. The van der Waals surface area contributed by atoms with Crippen LogP contribution in [0.4, 0.5) is 0 Å². The van der Waals surface area contributed by atoms with Crippen molar-refractivity contribution in [2.75, 3.05) is 6.61 Å². The SMILES string of the molecule is C[C@H](CO)C1CC[C@@]2(C)C3C1C1C(C[C@@]12O)[C@H]3O. The number of hydrogen-bond donors (Lipinski definition) is 3. The lowest BCUT2D eigenvalue weighted by molar-refractivity contribution is -0.246. The van der Waals surface area contributed by atoms with Gasteiger partial charge in [-0.25, -0.2) is 0 Å². The lowest BCUT2D eigenvalue weighted by Gasteiger charge is -2.61. The third kappa shape index (κ3) is 0.918. The van der Waals surface area contributed by atoms with E-state index in [0.29, 0.717) is 29.6 Å². The summed E-state index contributed by atoms with van der Waals surface area (Å²) >= 11 is 0. The van der Waals surface area contributed by atoms with Crippen molar-refractivity contribution in [1.82, 2.24) is 0 Å². The molecule has 0 aromatic rings. The van der Waals surface area contributed by atoms with Crippen molar-refractivity contribution < 1.29 is 15.3 Å². The average Bonchev–Trinajstić information content (AvgIpc) is 2.61. The van der Waals surface area contributed by atoms with Gasteiger partial charge in [0.1, 0.15) is 0 Å². The summed E-state index contributed by atoms with van der Waals surface area (Å²) in [6, 6.07) is 0. The summed E-state index contributed by atoms with van der Waals surface area (Å²) in [5, 5.41) is 31.0. The van der Waals surface area contributed by atoms with Crippen molar-refractivity contribution >= 4 is 0 Å². The van der Waals surface area contributed by atoms with E-state index in [4.69, 9.17) is 0 Å². The summed E-state index contributed by atoms with van der Waals surface area (Å²) in [7, 11) is 0. The van der Waals surface area contributed by atoms with E-state index in [0.717, 1.165) is 19.3 Å². The molecule has 4 aliphatic carbocycles. The summed E-state index contributed by atoms with van der Waals surface area (Å²) < 4.78 is 0. The predicted octanol–water partition coefficient (Wildman–Crippen LogP) is 1.02. The first-order valence-corrected chi connectivity index (χ1v) is 7.47. The molecular formula is C15H24O3. The lowest BCUT2D eigenvalue weighted by atomic mass is 9.47. The van der Waals surface area contributed by atoms with Gasteiger partial charge in [-0.1, -0.05) is 13.8 Å². The molecule has 4 saturated carbocycles. The standard InChI is InChI=1S/C15H24O3/c1-7(6-16)8-3-4-14(2)12-10(8)11-9(13(12)17)5-15(11,14)18/h7-13,16-18H,3-6H2,1-2H3/t7-,8?,9?,10?,11?,12?,13-,14+,15-/m1/s1. The molecule has 3 nitrogen and oxygen atoms in total. The molecule has 0 amide bonds. The normalized spacial score (nSPS) is 65.8. The predicted molar refractivity (Wildman–Crippen MR) is 66.6 cm³/mol. The summed E-state index contributed by atoms with van der Waals surface area (Å²) in [5.74, 6) is 2.17. The fraction of sp³-hybridized carbons (Fsp3) is 1.00. The van der Waals surface area contributed by atoms with Crippen molar-refractivity contribution in [3.05, 3.63) is 0 Å². The van der Waals surface area contributed by atoms with E-state index in [-0.39, 0.29) is 24.0 Å². The maximum Gasteiger partial charge on any atom is 0.0743 e. The van der Waals surface area contributed by atoms with Crippen LogP contribution >= 0.6 is 0 Å². The minimum absolute atomic E-state index is 0.0673. The van der Waals surface area contributed by atoms with Crippen molar-refractivity contribution in [1.29, 1.82) is 0 Å². The molecule has 0 aliphatic heterocycles. The molecule has 5 unspecified atom stereocenters. The monoisotopic (exact) mass is 252 g/mol. The van der Waals surface area contributed by atoms with Gasteiger partial charge in [-0.05, 0) is 54.8 Å². The van der Waals surface area contributed by atoms with Gasteiger partial charge in [0.2, 0.25) is 0 Å². The second kappa shape index (κ2) is 3.13. The molecule has 4 fully saturated rings. The molecule has 0 aromatic carbocycles. The van der Waals surface area contributed by atoms with Crippen LogP contribution < -0.4 is 0 Å². The summed E-state index contributed by atoms with van der Waals surface area (Å²) in [6.45, 7) is 4.55. The van der Waals surface area contributed by atoms with Crippen LogP contribution in [0.5, 0.6) is 0 Å². The highest BCUT2D eigenvalue weighted by Crippen LogP contribution is 2.80. The quantitative estimate of drug-likeness (QED) is 0.687. The number of rotatable bonds is 2. The Kier molecular flexibility index (Phi) is 2.03. The molecule has 3 N–H and O–H groups in total. The van der Waals surface area contributed by atoms with E-state index in [1.807, 2.05) is 0 Å². The number of aliphatic hydroxyl groups is 3. The van der Waals surface area contributed by atoms with E-state index in [9.17, 15) is 15.3 Å². The molecule has 4 aliphatic rings. The molecule has 9 atom stereocenters. The average molecular weight is 252 g/mol. The number of hydrogen-bond acceptors (Lipinski definition) is 3. The second-order valence-corrected chi connectivity index (χ2v) is 7.69. The second-order valence-electron chi connectivity index (χ2n) is 7.69. The number of aliphatic hydroxyl groups excluding tert-OH is 2. The number of fused-ring (bicyclic) bond motifs is 1. The largest absolute Gasteiger partial charge is 0.396 e. The first-order chi connectivity index (χ1) is 8.45. The van der Waals surface area contributed by atoms with Crippen LogP contribution in [0.25, 0.3) is 0 Å². The van der Waals surface area contributed by atoms with E-state index in [1.54, 1.807) is 0 Å². The first-order valence-electron chi connectivity index (χ1n) is 7.47. The Morgan fingerprint density at radius 1 is 1.33 bits per heavy atom. The fourth-order valence-electron chi connectivity index (χ4n) is 6.55. The van der Waals surface area contributed by atoms with Crippen LogP contribution in [0.3, 0.4) is 0 Å². The maximum absolute atomic E-state index is 11.0. The van der Waals surface area contributed by atoms with Crippen molar-refractivity contribution in [2.24, 2.45) is 40.9 Å². The first kappa shape index (κ1) is 11.7. The van der Waals surface area contributed by atoms with E-state index < -0.39 is 5.60 Å². The van der Waals surface area contributed by atoms with Crippen LogP contribution in [0.2, 0.25) is 0 Å². The Hall–Kier alpha value is -0.120. The van der Waals surface area contributed by atoms with Gasteiger partial charge in [0.15, 0.2) is 0 Å². The van der Waals surface area contributed by atoms with Gasteiger partial charge in [0, 0.05) is 12.0 Å². The highest BCUT2D eigenvalue weighted by atomic mass is 16.3. The highest BCUT2D eigenvalue weighted by Gasteiger charge is 2.83. The smallest absolute Gasteiger partial charge is 0.0743 e. The minimum atomic E-state index is -0.504. The van der Waals surface area contributed by atoms with Crippen LogP contribution in [0.15, 0.2) is 0 Å². The van der Waals surface area contributed by atoms with E-state index >= 15 is 0 Å². The summed E-state index contributed by atoms with van der Waals surface area (Å²) in [6.07, 6.45) is 2.73. The Bertz CT molecular complexity index is 397. The molecule has 3 heteroatoms. The van der Waals surface area contributed by atoms with Crippen LogP contribution in [0.1, 0.15) is 33.1 Å². The van der Waals surface area contributed by atoms with E-state index in [2.05, 4.69) is 13.8 Å². The van der Waals surface area contributed by atoms with Crippen LogP contribution in [0, 0.1) is 40.9 Å². The minimum Gasteiger partial charge on any atom is -0.396 e. The van der Waals surface area contributed by atoms with Crippen molar-refractivity contribution in [3.8, 4) is 0 Å². The highest BCUT2D eigenvalue weighted by molar-refractivity contribution is 5.31. The summed E-state index contributed by atoms with van der Waals surface area (Å²) in [4.78, 5) is 0. The third-order valence-corrected chi connectivity index (χ3v) is 7.43. The van der Waals surface area contributed by atoms with Crippen molar-refractivity contribution in [2.45, 2.75) is 44.8 Å².